The molecule has 5 heteroatoms. The largest absolute Gasteiger partial charge is 0.389 e. The molecule has 90 valence electrons. The number of hydrogen-bond acceptors (Lipinski definition) is 4. The van der Waals surface area contributed by atoms with E-state index in [9.17, 15) is 10.2 Å². The van der Waals surface area contributed by atoms with Crippen LogP contribution in [0.15, 0.2) is 36.5 Å². The number of nitrogens with one attached hydrogen (secondary N) is 1. The number of benzene rings is 1. The number of aliphatic hydroxyl groups excluding tert-OH is 2. The van der Waals surface area contributed by atoms with Crippen LogP contribution in [0, 0.1) is 0 Å². The second-order valence-corrected chi connectivity index (χ2v) is 3.81. The SMILES string of the molecule is NCC(O)C(O)c1ccccc1-c1ccn[nH]1. The normalized spacial score (nSPS) is 14.5. The monoisotopic (exact) mass is 233 g/mol. The lowest BCUT2D eigenvalue weighted by Gasteiger charge is -2.19. The Morgan fingerprint density at radius 3 is 2.65 bits per heavy atom. The standard InChI is InChI=1S/C12H15N3O2/c13-7-11(16)12(17)9-4-2-1-3-8(9)10-5-6-14-15-10/h1-6,11-12,16-17H,7,13H2,(H,14,15). The summed E-state index contributed by atoms with van der Waals surface area (Å²) in [7, 11) is 0. The molecule has 0 radical (unpaired) electrons. The summed E-state index contributed by atoms with van der Waals surface area (Å²) >= 11 is 0. The second-order valence-electron chi connectivity index (χ2n) is 3.81. The number of hydrogen-bond donors (Lipinski definition) is 4. The van der Waals surface area contributed by atoms with Gasteiger partial charge >= 0.3 is 0 Å². The molecule has 17 heavy (non-hydrogen) atoms. The zero-order chi connectivity index (χ0) is 12.3. The number of H-pyrrole nitrogens is 1. The van der Waals surface area contributed by atoms with Crippen LogP contribution in [0.3, 0.4) is 0 Å². The Morgan fingerprint density at radius 2 is 2.00 bits per heavy atom. The van der Waals surface area contributed by atoms with Crippen molar-refractivity contribution >= 4 is 0 Å². The summed E-state index contributed by atoms with van der Waals surface area (Å²) in [6, 6.07) is 9.10. The maximum Gasteiger partial charge on any atom is 0.107 e. The highest BCUT2D eigenvalue weighted by Crippen LogP contribution is 2.28. The van der Waals surface area contributed by atoms with E-state index in [0.29, 0.717) is 5.56 Å². The van der Waals surface area contributed by atoms with E-state index < -0.39 is 12.2 Å². The van der Waals surface area contributed by atoms with Crippen LogP contribution in [0.2, 0.25) is 0 Å². The van der Waals surface area contributed by atoms with Gasteiger partial charge in [-0.2, -0.15) is 5.10 Å². The predicted molar refractivity (Wildman–Crippen MR) is 64.0 cm³/mol. The lowest BCUT2D eigenvalue weighted by molar-refractivity contribution is 0.0247. The Balaban J connectivity index is 2.41. The van der Waals surface area contributed by atoms with Crippen molar-refractivity contribution in [1.29, 1.82) is 0 Å². The number of aliphatic hydroxyl groups is 2. The van der Waals surface area contributed by atoms with Crippen molar-refractivity contribution in [2.75, 3.05) is 6.54 Å². The van der Waals surface area contributed by atoms with Gasteiger partial charge in [0, 0.05) is 18.3 Å². The van der Waals surface area contributed by atoms with Crippen LogP contribution in [0.25, 0.3) is 11.3 Å². The molecule has 0 aliphatic heterocycles. The van der Waals surface area contributed by atoms with Gasteiger partial charge < -0.3 is 15.9 Å². The first-order chi connectivity index (χ1) is 8.24. The number of rotatable bonds is 4. The van der Waals surface area contributed by atoms with Gasteiger partial charge in [-0.25, -0.2) is 0 Å². The fourth-order valence-corrected chi connectivity index (χ4v) is 1.74. The molecule has 0 saturated heterocycles. The van der Waals surface area contributed by atoms with Gasteiger partial charge in [0.15, 0.2) is 0 Å². The van der Waals surface area contributed by atoms with Crippen LogP contribution in [0.4, 0.5) is 0 Å². The molecule has 0 fully saturated rings. The summed E-state index contributed by atoms with van der Waals surface area (Å²) < 4.78 is 0. The zero-order valence-electron chi connectivity index (χ0n) is 9.24. The molecule has 2 unspecified atom stereocenters. The minimum Gasteiger partial charge on any atom is -0.389 e. The number of nitrogens with two attached hydrogens (primary N) is 1. The first-order valence-electron chi connectivity index (χ1n) is 5.39. The number of nitrogens with zero attached hydrogens (tertiary/aromatic N) is 1. The van der Waals surface area contributed by atoms with E-state index in [1.54, 1.807) is 18.3 Å². The molecule has 0 aliphatic rings. The number of aromatic amines is 1. The van der Waals surface area contributed by atoms with Crippen molar-refractivity contribution < 1.29 is 10.2 Å². The van der Waals surface area contributed by atoms with Crippen LogP contribution in [0.1, 0.15) is 11.7 Å². The third-order valence-corrected chi connectivity index (χ3v) is 2.68. The molecule has 1 heterocycles. The molecule has 0 amide bonds. The van der Waals surface area contributed by atoms with Crippen molar-refractivity contribution in [3.63, 3.8) is 0 Å². The molecular formula is C12H15N3O2. The summed E-state index contributed by atoms with van der Waals surface area (Å²) in [5.74, 6) is 0. The Bertz CT molecular complexity index is 470. The molecule has 2 atom stereocenters. The lowest BCUT2D eigenvalue weighted by atomic mass is 9.97. The van der Waals surface area contributed by atoms with Crippen molar-refractivity contribution in [2.45, 2.75) is 12.2 Å². The lowest BCUT2D eigenvalue weighted by Crippen LogP contribution is -2.27. The summed E-state index contributed by atoms with van der Waals surface area (Å²) in [5, 5.41) is 26.3. The van der Waals surface area contributed by atoms with E-state index in [-0.39, 0.29) is 6.54 Å². The summed E-state index contributed by atoms with van der Waals surface area (Å²) in [6.07, 6.45) is -0.337. The molecule has 2 aromatic rings. The van der Waals surface area contributed by atoms with E-state index in [1.165, 1.54) is 0 Å². The summed E-state index contributed by atoms with van der Waals surface area (Å²) in [5.41, 5.74) is 7.59. The minimum absolute atomic E-state index is 0.0124. The molecule has 0 bridgehead atoms. The van der Waals surface area contributed by atoms with Crippen LogP contribution in [-0.2, 0) is 0 Å². The van der Waals surface area contributed by atoms with Gasteiger partial charge in [-0.1, -0.05) is 24.3 Å². The molecule has 5 nitrogen and oxygen atoms in total. The van der Waals surface area contributed by atoms with Crippen LogP contribution in [0.5, 0.6) is 0 Å². The fraction of sp³-hybridized carbons (Fsp3) is 0.250. The second kappa shape index (κ2) is 5.09. The van der Waals surface area contributed by atoms with Crippen molar-refractivity contribution in [3.05, 3.63) is 42.1 Å². The first kappa shape index (κ1) is 11.8. The Hall–Kier alpha value is -1.69. The quantitative estimate of drug-likeness (QED) is 0.616. The molecular weight excluding hydrogens is 218 g/mol. The van der Waals surface area contributed by atoms with Gasteiger partial charge in [0.2, 0.25) is 0 Å². The van der Waals surface area contributed by atoms with Gasteiger partial charge in [0.25, 0.3) is 0 Å². The smallest absolute Gasteiger partial charge is 0.107 e. The topological polar surface area (TPSA) is 95.2 Å². The molecule has 0 spiro atoms. The third kappa shape index (κ3) is 2.36. The molecule has 2 rings (SSSR count). The molecule has 5 N–H and O–H groups in total. The van der Waals surface area contributed by atoms with Crippen LogP contribution >= 0.6 is 0 Å². The highest BCUT2D eigenvalue weighted by atomic mass is 16.3. The van der Waals surface area contributed by atoms with Crippen molar-refractivity contribution in [2.24, 2.45) is 5.73 Å². The average Bonchev–Trinajstić information content (AvgIpc) is 2.90. The van der Waals surface area contributed by atoms with E-state index in [4.69, 9.17) is 5.73 Å². The van der Waals surface area contributed by atoms with Crippen molar-refractivity contribution in [3.8, 4) is 11.3 Å². The Morgan fingerprint density at radius 1 is 1.24 bits per heavy atom. The highest BCUT2D eigenvalue weighted by molar-refractivity contribution is 5.63. The van der Waals surface area contributed by atoms with Gasteiger partial charge in [0.05, 0.1) is 11.8 Å². The fourth-order valence-electron chi connectivity index (χ4n) is 1.74. The van der Waals surface area contributed by atoms with Gasteiger partial charge in [-0.3, -0.25) is 5.10 Å². The predicted octanol–water partition coefficient (Wildman–Crippen LogP) is 0.430. The maximum absolute atomic E-state index is 10.0. The van der Waals surface area contributed by atoms with Crippen LogP contribution < -0.4 is 5.73 Å². The summed E-state index contributed by atoms with van der Waals surface area (Å²) in [4.78, 5) is 0. The molecule has 1 aromatic carbocycles. The van der Waals surface area contributed by atoms with Gasteiger partial charge in [0.1, 0.15) is 6.10 Å². The Kier molecular flexibility index (Phi) is 3.53. The van der Waals surface area contributed by atoms with E-state index in [0.717, 1.165) is 11.3 Å². The molecule has 1 aromatic heterocycles. The zero-order valence-corrected chi connectivity index (χ0v) is 9.24. The average molecular weight is 233 g/mol. The highest BCUT2D eigenvalue weighted by Gasteiger charge is 2.20. The third-order valence-electron chi connectivity index (χ3n) is 2.68. The summed E-state index contributed by atoms with van der Waals surface area (Å²) in [6.45, 7) is 0.0124. The van der Waals surface area contributed by atoms with E-state index in [2.05, 4.69) is 10.2 Å². The van der Waals surface area contributed by atoms with Crippen molar-refractivity contribution in [1.82, 2.24) is 10.2 Å². The molecule has 0 saturated carbocycles. The maximum atomic E-state index is 10.0. The molecule has 0 aliphatic carbocycles. The van der Waals surface area contributed by atoms with E-state index >= 15 is 0 Å². The van der Waals surface area contributed by atoms with Gasteiger partial charge in [-0.05, 0) is 11.6 Å². The Labute approximate surface area is 98.9 Å². The number of aromatic nitrogens is 2. The van der Waals surface area contributed by atoms with E-state index in [1.807, 2.05) is 18.2 Å². The van der Waals surface area contributed by atoms with Gasteiger partial charge in [-0.15, -0.1) is 0 Å². The van der Waals surface area contributed by atoms with Crippen LogP contribution in [-0.4, -0.2) is 33.1 Å². The first-order valence-corrected chi connectivity index (χ1v) is 5.39. The minimum atomic E-state index is -1.00.